The molecule has 1 aliphatic rings. The monoisotopic (exact) mass is 144 g/mol. The Morgan fingerprint density at radius 3 is 2.70 bits per heavy atom. The minimum Gasteiger partial charge on any atom is -0.396 e. The molecule has 1 atom stereocenters. The highest BCUT2D eigenvalue weighted by Gasteiger charge is 2.27. The number of aliphatic hydroxyl groups excluding tert-OH is 1. The molecule has 2 nitrogen and oxygen atoms in total. The summed E-state index contributed by atoms with van der Waals surface area (Å²) in [6.07, 6.45) is 2.00. The zero-order chi connectivity index (χ0) is 7.61. The predicted octanol–water partition coefficient (Wildman–Crippen LogP) is 1.18. The van der Waals surface area contributed by atoms with Crippen LogP contribution in [0.5, 0.6) is 0 Å². The molecule has 0 bridgehead atoms. The lowest BCUT2D eigenvalue weighted by Crippen LogP contribution is -2.35. The first-order chi connectivity index (χ1) is 4.64. The van der Waals surface area contributed by atoms with E-state index >= 15 is 0 Å². The van der Waals surface area contributed by atoms with Crippen molar-refractivity contribution in [2.75, 3.05) is 13.2 Å². The zero-order valence-electron chi connectivity index (χ0n) is 6.76. The van der Waals surface area contributed by atoms with Gasteiger partial charge in [0.15, 0.2) is 0 Å². The molecule has 1 saturated heterocycles. The molecular weight excluding hydrogens is 128 g/mol. The maximum Gasteiger partial charge on any atom is 0.0630 e. The van der Waals surface area contributed by atoms with Gasteiger partial charge in [-0.1, -0.05) is 0 Å². The number of hydrogen-bond acceptors (Lipinski definition) is 2. The van der Waals surface area contributed by atoms with E-state index in [-0.39, 0.29) is 5.60 Å². The Bertz CT molecular complexity index is 110. The molecule has 0 spiro atoms. The van der Waals surface area contributed by atoms with Crippen LogP contribution in [0.3, 0.4) is 0 Å². The van der Waals surface area contributed by atoms with Crippen molar-refractivity contribution in [1.82, 2.24) is 0 Å². The SMILES string of the molecule is CC1(C)CC(CO)CCO1. The van der Waals surface area contributed by atoms with Crippen molar-refractivity contribution in [1.29, 1.82) is 0 Å². The lowest BCUT2D eigenvalue weighted by molar-refractivity contribution is -0.0802. The molecule has 10 heavy (non-hydrogen) atoms. The van der Waals surface area contributed by atoms with E-state index in [4.69, 9.17) is 9.84 Å². The molecule has 1 N–H and O–H groups in total. The van der Waals surface area contributed by atoms with Crippen LogP contribution in [0.4, 0.5) is 0 Å². The third kappa shape index (κ3) is 1.96. The Hall–Kier alpha value is -0.0800. The van der Waals surface area contributed by atoms with Gasteiger partial charge in [-0.3, -0.25) is 0 Å². The molecule has 60 valence electrons. The van der Waals surface area contributed by atoms with Gasteiger partial charge in [-0.15, -0.1) is 0 Å². The maximum absolute atomic E-state index is 8.87. The Morgan fingerprint density at radius 2 is 2.30 bits per heavy atom. The largest absolute Gasteiger partial charge is 0.396 e. The summed E-state index contributed by atoms with van der Waals surface area (Å²) in [5.41, 5.74) is -0.00829. The minimum absolute atomic E-state index is 0.00829. The van der Waals surface area contributed by atoms with Gasteiger partial charge in [0.25, 0.3) is 0 Å². The fourth-order valence-electron chi connectivity index (χ4n) is 1.51. The lowest BCUT2D eigenvalue weighted by Gasteiger charge is -2.34. The van der Waals surface area contributed by atoms with Gasteiger partial charge in [0.05, 0.1) is 5.60 Å². The quantitative estimate of drug-likeness (QED) is 0.599. The van der Waals surface area contributed by atoms with E-state index in [1.165, 1.54) is 0 Å². The van der Waals surface area contributed by atoms with Gasteiger partial charge in [-0.25, -0.2) is 0 Å². The van der Waals surface area contributed by atoms with Crippen LogP contribution in [-0.2, 0) is 4.74 Å². The molecule has 1 rings (SSSR count). The van der Waals surface area contributed by atoms with E-state index in [0.29, 0.717) is 12.5 Å². The van der Waals surface area contributed by atoms with Gasteiger partial charge in [0.2, 0.25) is 0 Å². The average molecular weight is 144 g/mol. The Morgan fingerprint density at radius 1 is 1.60 bits per heavy atom. The van der Waals surface area contributed by atoms with Crippen LogP contribution in [0.25, 0.3) is 0 Å². The van der Waals surface area contributed by atoms with Crippen LogP contribution in [0.1, 0.15) is 26.7 Å². The Balaban J connectivity index is 2.40. The van der Waals surface area contributed by atoms with Crippen LogP contribution in [0.2, 0.25) is 0 Å². The first kappa shape index (κ1) is 8.02. The second-order valence-electron chi connectivity index (χ2n) is 3.65. The normalized spacial score (nSPS) is 32.1. The molecule has 0 radical (unpaired) electrons. The van der Waals surface area contributed by atoms with E-state index < -0.39 is 0 Å². The van der Waals surface area contributed by atoms with E-state index in [9.17, 15) is 0 Å². The Kier molecular flexibility index (Phi) is 2.32. The van der Waals surface area contributed by atoms with E-state index in [0.717, 1.165) is 19.4 Å². The van der Waals surface area contributed by atoms with Crippen molar-refractivity contribution in [2.45, 2.75) is 32.3 Å². The number of rotatable bonds is 1. The summed E-state index contributed by atoms with van der Waals surface area (Å²) in [6, 6.07) is 0. The van der Waals surface area contributed by atoms with Crippen LogP contribution in [0, 0.1) is 5.92 Å². The highest BCUT2D eigenvalue weighted by atomic mass is 16.5. The molecule has 2 heteroatoms. The summed E-state index contributed by atoms with van der Waals surface area (Å²) in [6.45, 7) is 5.27. The van der Waals surface area contributed by atoms with E-state index in [1.807, 2.05) is 0 Å². The molecule has 0 aliphatic carbocycles. The van der Waals surface area contributed by atoms with Gasteiger partial charge in [0, 0.05) is 13.2 Å². The standard InChI is InChI=1S/C8H16O2/c1-8(2)5-7(6-9)3-4-10-8/h7,9H,3-6H2,1-2H3. The third-order valence-electron chi connectivity index (χ3n) is 2.06. The summed E-state index contributed by atoms with van der Waals surface area (Å²) in [5.74, 6) is 0.462. The second-order valence-corrected chi connectivity index (χ2v) is 3.65. The Labute approximate surface area is 62.2 Å². The molecule has 0 saturated carbocycles. The summed E-state index contributed by atoms with van der Waals surface area (Å²) >= 11 is 0. The molecule has 1 unspecified atom stereocenters. The predicted molar refractivity (Wildman–Crippen MR) is 39.8 cm³/mol. The van der Waals surface area contributed by atoms with Crippen molar-refractivity contribution in [3.05, 3.63) is 0 Å². The fourth-order valence-corrected chi connectivity index (χ4v) is 1.51. The minimum atomic E-state index is -0.00829. The van der Waals surface area contributed by atoms with E-state index in [2.05, 4.69) is 13.8 Å². The molecule has 0 aromatic carbocycles. The van der Waals surface area contributed by atoms with Crippen molar-refractivity contribution in [2.24, 2.45) is 5.92 Å². The van der Waals surface area contributed by atoms with Gasteiger partial charge in [-0.05, 0) is 32.6 Å². The fraction of sp³-hybridized carbons (Fsp3) is 1.00. The van der Waals surface area contributed by atoms with E-state index in [1.54, 1.807) is 0 Å². The average Bonchev–Trinajstić information content (AvgIpc) is 1.86. The first-order valence-electron chi connectivity index (χ1n) is 3.89. The smallest absolute Gasteiger partial charge is 0.0630 e. The topological polar surface area (TPSA) is 29.5 Å². The molecular formula is C8H16O2. The summed E-state index contributed by atoms with van der Waals surface area (Å²) in [7, 11) is 0. The third-order valence-corrected chi connectivity index (χ3v) is 2.06. The second kappa shape index (κ2) is 2.89. The van der Waals surface area contributed by atoms with Crippen LogP contribution >= 0.6 is 0 Å². The van der Waals surface area contributed by atoms with Crippen molar-refractivity contribution < 1.29 is 9.84 Å². The molecule has 0 aromatic heterocycles. The van der Waals surface area contributed by atoms with Crippen LogP contribution in [0.15, 0.2) is 0 Å². The van der Waals surface area contributed by atoms with Gasteiger partial charge in [0.1, 0.15) is 0 Å². The number of aliphatic hydroxyl groups is 1. The van der Waals surface area contributed by atoms with Crippen LogP contribution < -0.4 is 0 Å². The van der Waals surface area contributed by atoms with Gasteiger partial charge < -0.3 is 9.84 Å². The summed E-state index contributed by atoms with van der Waals surface area (Å²) in [5, 5.41) is 8.87. The summed E-state index contributed by atoms with van der Waals surface area (Å²) < 4.78 is 5.49. The van der Waals surface area contributed by atoms with Crippen molar-refractivity contribution in [3.63, 3.8) is 0 Å². The molecule has 1 heterocycles. The van der Waals surface area contributed by atoms with Gasteiger partial charge in [-0.2, -0.15) is 0 Å². The molecule has 0 amide bonds. The summed E-state index contributed by atoms with van der Waals surface area (Å²) in [4.78, 5) is 0. The lowest BCUT2D eigenvalue weighted by atomic mass is 9.89. The van der Waals surface area contributed by atoms with Gasteiger partial charge >= 0.3 is 0 Å². The highest BCUT2D eigenvalue weighted by Crippen LogP contribution is 2.27. The number of hydrogen-bond donors (Lipinski definition) is 1. The maximum atomic E-state index is 8.87. The molecule has 1 aliphatic heterocycles. The number of ether oxygens (including phenoxy) is 1. The van der Waals surface area contributed by atoms with Crippen molar-refractivity contribution >= 4 is 0 Å². The highest BCUT2D eigenvalue weighted by molar-refractivity contribution is 4.77. The zero-order valence-corrected chi connectivity index (χ0v) is 6.76. The molecule has 1 fully saturated rings. The van der Waals surface area contributed by atoms with Crippen molar-refractivity contribution in [3.8, 4) is 0 Å². The van der Waals surface area contributed by atoms with Crippen LogP contribution in [-0.4, -0.2) is 23.9 Å². The molecule has 0 aromatic rings. The first-order valence-corrected chi connectivity index (χ1v) is 3.89.